The number of nitrogens with one attached hydrogen (secondary N) is 1. The highest BCUT2D eigenvalue weighted by Crippen LogP contribution is 2.22. The number of carbonyl (C=O) groups is 3. The van der Waals surface area contributed by atoms with Crippen LogP contribution in [0.4, 0.5) is 0 Å². The van der Waals surface area contributed by atoms with Crippen LogP contribution < -0.4 is 5.32 Å². The molecule has 1 aliphatic heterocycles. The Morgan fingerprint density at radius 1 is 1.12 bits per heavy atom. The molecule has 3 heterocycles. The molecule has 25 heavy (non-hydrogen) atoms. The summed E-state index contributed by atoms with van der Waals surface area (Å²) in [5, 5.41) is 3.05. The first-order chi connectivity index (χ1) is 12.1. The van der Waals surface area contributed by atoms with Crippen LogP contribution in [-0.2, 0) is 0 Å². The Hall–Kier alpha value is -3.13. The average molecular weight is 352 g/mol. The summed E-state index contributed by atoms with van der Waals surface area (Å²) in [6.07, 6.45) is 1.47. The fourth-order valence-corrected chi connectivity index (χ4v) is 3.53. The van der Waals surface area contributed by atoms with E-state index in [4.69, 9.17) is 0 Å². The van der Waals surface area contributed by atoms with Crippen LogP contribution in [0.1, 0.15) is 30.6 Å². The van der Waals surface area contributed by atoms with Gasteiger partial charge < -0.3 is 5.32 Å². The summed E-state index contributed by atoms with van der Waals surface area (Å²) in [6.45, 7) is 0.241. The molecule has 1 N–H and O–H groups in total. The van der Waals surface area contributed by atoms with Gasteiger partial charge in [0.2, 0.25) is 0 Å². The molecule has 4 rings (SSSR count). The molecule has 0 atom stereocenters. The zero-order chi connectivity index (χ0) is 17.4. The minimum absolute atomic E-state index is 0.0880. The first kappa shape index (κ1) is 15.4. The lowest BCUT2D eigenvalue weighted by Crippen LogP contribution is -2.38. The predicted octanol–water partition coefficient (Wildman–Crippen LogP) is 1.72. The number of carbonyl (C=O) groups excluding carboxylic acids is 3. The van der Waals surface area contributed by atoms with Crippen LogP contribution in [0.5, 0.6) is 0 Å². The highest BCUT2D eigenvalue weighted by molar-refractivity contribution is 7.20. The van der Waals surface area contributed by atoms with Gasteiger partial charge in [0.25, 0.3) is 17.7 Å². The van der Waals surface area contributed by atoms with E-state index in [0.29, 0.717) is 10.6 Å². The van der Waals surface area contributed by atoms with Crippen molar-refractivity contribution < 1.29 is 14.4 Å². The second-order valence-electron chi connectivity index (χ2n) is 5.40. The van der Waals surface area contributed by atoms with Crippen LogP contribution in [-0.4, -0.2) is 45.7 Å². The minimum Gasteiger partial charge on any atom is -0.348 e. The number of para-hydroxylation sites is 1. The quantitative estimate of drug-likeness (QED) is 0.722. The van der Waals surface area contributed by atoms with E-state index in [2.05, 4.69) is 15.3 Å². The molecular formula is C17H12N4O3S. The summed E-state index contributed by atoms with van der Waals surface area (Å²) in [5.74, 6) is -1.15. The fourth-order valence-electron chi connectivity index (χ4n) is 2.64. The lowest BCUT2D eigenvalue weighted by atomic mass is 10.2. The van der Waals surface area contributed by atoms with Crippen molar-refractivity contribution in [2.45, 2.75) is 0 Å². The fraction of sp³-hybridized carbons (Fsp3) is 0.118. The van der Waals surface area contributed by atoms with Crippen molar-refractivity contribution in [1.82, 2.24) is 20.2 Å². The molecule has 0 saturated heterocycles. The highest BCUT2D eigenvalue weighted by atomic mass is 32.1. The maximum Gasteiger partial charge on any atom is 0.280 e. The molecule has 124 valence electrons. The Morgan fingerprint density at radius 2 is 1.96 bits per heavy atom. The number of pyridine rings is 1. The maximum atomic E-state index is 12.2. The van der Waals surface area contributed by atoms with Gasteiger partial charge in [0.05, 0.1) is 15.8 Å². The number of aromatic nitrogens is 2. The first-order valence-corrected chi connectivity index (χ1v) is 8.42. The molecule has 0 saturated carbocycles. The second-order valence-corrected chi connectivity index (χ2v) is 6.43. The number of hydrogen-bond acceptors (Lipinski definition) is 6. The zero-order valence-corrected chi connectivity index (χ0v) is 13.7. The molecule has 0 radical (unpaired) electrons. The van der Waals surface area contributed by atoms with E-state index in [0.717, 1.165) is 15.1 Å². The third-order valence-electron chi connectivity index (χ3n) is 3.84. The summed E-state index contributed by atoms with van der Waals surface area (Å²) in [6, 6.07) is 10.7. The average Bonchev–Trinajstić information content (AvgIpc) is 3.17. The molecular weight excluding hydrogens is 340 g/mol. The smallest absolute Gasteiger partial charge is 0.280 e. The number of thiazole rings is 1. The molecule has 1 aliphatic rings. The third-order valence-corrected chi connectivity index (χ3v) is 4.88. The molecule has 7 nitrogen and oxygen atoms in total. The molecule has 3 amide bonds. The number of nitrogens with zero attached hydrogens (tertiary/aromatic N) is 3. The maximum absolute atomic E-state index is 12.2. The molecule has 0 fully saturated rings. The molecule has 0 bridgehead atoms. The Kier molecular flexibility index (Phi) is 3.73. The Morgan fingerprint density at radius 3 is 2.76 bits per heavy atom. The lowest BCUT2D eigenvalue weighted by molar-refractivity contribution is 0.0648. The molecule has 0 spiro atoms. The van der Waals surface area contributed by atoms with Crippen molar-refractivity contribution in [1.29, 1.82) is 0 Å². The van der Waals surface area contributed by atoms with Gasteiger partial charge in [0, 0.05) is 19.3 Å². The largest absolute Gasteiger partial charge is 0.348 e. The summed E-state index contributed by atoms with van der Waals surface area (Å²) < 4.78 is 0.930. The van der Waals surface area contributed by atoms with Gasteiger partial charge in [-0.2, -0.15) is 0 Å². The number of benzene rings is 1. The third kappa shape index (κ3) is 2.66. The molecule has 0 unspecified atom stereocenters. The molecule has 8 heteroatoms. The Bertz CT molecular complexity index is 946. The van der Waals surface area contributed by atoms with Crippen LogP contribution in [0, 0.1) is 0 Å². The minimum atomic E-state index is -0.435. The van der Waals surface area contributed by atoms with Gasteiger partial charge in [-0.25, -0.2) is 4.98 Å². The Balaban J connectivity index is 1.40. The lowest BCUT2D eigenvalue weighted by Gasteiger charge is -2.13. The van der Waals surface area contributed by atoms with E-state index < -0.39 is 5.91 Å². The van der Waals surface area contributed by atoms with Crippen LogP contribution in [0.25, 0.3) is 10.2 Å². The van der Waals surface area contributed by atoms with E-state index in [-0.39, 0.29) is 30.6 Å². The van der Waals surface area contributed by atoms with Crippen molar-refractivity contribution in [3.8, 4) is 0 Å². The van der Waals surface area contributed by atoms with Crippen molar-refractivity contribution in [3.63, 3.8) is 0 Å². The first-order valence-electron chi connectivity index (χ1n) is 7.60. The monoisotopic (exact) mass is 352 g/mol. The van der Waals surface area contributed by atoms with E-state index in [1.54, 1.807) is 12.1 Å². The van der Waals surface area contributed by atoms with Crippen molar-refractivity contribution in [3.05, 3.63) is 58.9 Å². The topological polar surface area (TPSA) is 92.3 Å². The molecule has 0 aliphatic carbocycles. The van der Waals surface area contributed by atoms with Crippen molar-refractivity contribution >= 4 is 39.3 Å². The van der Waals surface area contributed by atoms with E-state index in [9.17, 15) is 14.4 Å². The van der Waals surface area contributed by atoms with E-state index in [1.807, 2.05) is 24.3 Å². The van der Waals surface area contributed by atoms with Gasteiger partial charge in [-0.3, -0.25) is 24.3 Å². The van der Waals surface area contributed by atoms with Crippen LogP contribution in [0.3, 0.4) is 0 Å². The van der Waals surface area contributed by atoms with Crippen LogP contribution in [0.2, 0.25) is 0 Å². The second kappa shape index (κ2) is 6.06. The summed E-state index contributed by atoms with van der Waals surface area (Å²) in [5.41, 5.74) is 1.22. The normalized spacial score (nSPS) is 13.4. The van der Waals surface area contributed by atoms with E-state index in [1.165, 1.54) is 17.5 Å². The highest BCUT2D eigenvalue weighted by Gasteiger charge is 2.36. The SMILES string of the molecule is O=C(NCCN1C(=O)c2cccnc2C1=O)c1nc2ccccc2s1. The van der Waals surface area contributed by atoms with Gasteiger partial charge in [-0.1, -0.05) is 12.1 Å². The van der Waals surface area contributed by atoms with Gasteiger partial charge >= 0.3 is 0 Å². The molecule has 2 aromatic heterocycles. The predicted molar refractivity (Wildman–Crippen MR) is 91.6 cm³/mol. The number of rotatable bonds is 4. The van der Waals surface area contributed by atoms with E-state index >= 15 is 0 Å². The standard InChI is InChI=1S/C17H12N4O3S/c22-14(15-20-11-5-1-2-6-12(11)25-15)19-8-9-21-16(23)10-4-3-7-18-13(10)17(21)24/h1-7H,8-9H2,(H,19,22). The van der Waals surface area contributed by atoms with Gasteiger partial charge in [-0.15, -0.1) is 11.3 Å². The van der Waals surface area contributed by atoms with Gasteiger partial charge in [0.1, 0.15) is 5.69 Å². The summed E-state index contributed by atoms with van der Waals surface area (Å²) in [7, 11) is 0. The van der Waals surface area contributed by atoms with Gasteiger partial charge in [0.15, 0.2) is 5.01 Å². The van der Waals surface area contributed by atoms with Crippen LogP contribution >= 0.6 is 11.3 Å². The Labute approximate surface area is 146 Å². The van der Waals surface area contributed by atoms with Crippen LogP contribution in [0.15, 0.2) is 42.6 Å². The molecule has 3 aromatic rings. The molecule has 1 aromatic carbocycles. The van der Waals surface area contributed by atoms with Gasteiger partial charge in [-0.05, 0) is 24.3 Å². The number of imide groups is 1. The number of fused-ring (bicyclic) bond motifs is 2. The number of hydrogen-bond donors (Lipinski definition) is 1. The van der Waals surface area contributed by atoms with Crippen molar-refractivity contribution in [2.75, 3.05) is 13.1 Å². The zero-order valence-electron chi connectivity index (χ0n) is 12.9. The summed E-state index contributed by atoms with van der Waals surface area (Å²) in [4.78, 5) is 45.9. The summed E-state index contributed by atoms with van der Waals surface area (Å²) >= 11 is 1.30. The number of amides is 3. The van der Waals surface area contributed by atoms with Crippen molar-refractivity contribution in [2.24, 2.45) is 0 Å².